The maximum Gasteiger partial charge on any atom is 0.501 e. The Hall–Kier alpha value is -2.67. The number of hydrogen-bond acceptors (Lipinski definition) is 8. The van der Waals surface area contributed by atoms with Crippen molar-refractivity contribution in [2.45, 2.75) is 17.3 Å². The molecule has 172 valence electrons. The predicted octanol–water partition coefficient (Wildman–Crippen LogP) is 6.48. The van der Waals surface area contributed by atoms with Crippen LogP contribution in [0.1, 0.15) is 5.82 Å². The number of anilines is 4. The lowest BCUT2D eigenvalue weighted by Crippen LogP contribution is -2.23. The van der Waals surface area contributed by atoms with Gasteiger partial charge in [0.05, 0.1) is 20.6 Å². The topological polar surface area (TPSA) is 96.9 Å². The Morgan fingerprint density at radius 2 is 1.58 bits per heavy atom. The maximum atomic E-state index is 12.7. The molecule has 2 aromatic carbocycles. The van der Waals surface area contributed by atoms with Crippen LogP contribution < -0.4 is 10.6 Å². The van der Waals surface area contributed by atoms with Crippen LogP contribution in [0.3, 0.4) is 0 Å². The lowest BCUT2D eigenvalue weighted by molar-refractivity contribution is -0.0436. The summed E-state index contributed by atoms with van der Waals surface area (Å²) < 4.78 is 61.3. The third kappa shape index (κ3) is 4.69. The quantitative estimate of drug-likeness (QED) is 0.303. The fourth-order valence-electron chi connectivity index (χ4n) is 2.78. The third-order valence-electron chi connectivity index (χ3n) is 4.30. The molecule has 0 saturated heterocycles. The SMILES string of the molecule is Cc1nc(Nc2ccc(S(=O)(=O)C(F)(F)F)cc2)c2nc(Nc3c(Cl)cccc3Cl)sc2n1. The molecule has 2 N–H and O–H groups in total. The van der Waals surface area contributed by atoms with Crippen LogP contribution >= 0.6 is 34.5 Å². The second-order valence-corrected chi connectivity index (χ2v) is 10.3. The number of halogens is 5. The molecule has 0 saturated carbocycles. The highest BCUT2D eigenvalue weighted by atomic mass is 35.5. The first-order valence-corrected chi connectivity index (χ1v) is 12.1. The molecule has 0 aliphatic carbocycles. The molecular weight excluding hydrogens is 522 g/mol. The summed E-state index contributed by atoms with van der Waals surface area (Å²) >= 11 is 13.6. The first kappa shape index (κ1) is 23.5. The number of aryl methyl sites for hydroxylation is 1. The monoisotopic (exact) mass is 533 g/mol. The van der Waals surface area contributed by atoms with Crippen LogP contribution in [0.5, 0.6) is 0 Å². The van der Waals surface area contributed by atoms with E-state index in [9.17, 15) is 21.6 Å². The van der Waals surface area contributed by atoms with E-state index >= 15 is 0 Å². The van der Waals surface area contributed by atoms with E-state index in [1.807, 2.05) is 0 Å². The summed E-state index contributed by atoms with van der Waals surface area (Å²) in [6.45, 7) is 1.67. The van der Waals surface area contributed by atoms with Crippen molar-refractivity contribution >= 4 is 77.0 Å². The van der Waals surface area contributed by atoms with Crippen molar-refractivity contribution in [3.05, 3.63) is 58.3 Å². The molecule has 0 unspecified atom stereocenters. The van der Waals surface area contributed by atoms with Crippen LogP contribution in [-0.4, -0.2) is 28.9 Å². The van der Waals surface area contributed by atoms with Crippen LogP contribution in [-0.2, 0) is 9.84 Å². The van der Waals surface area contributed by atoms with Crippen LogP contribution in [0.25, 0.3) is 10.3 Å². The van der Waals surface area contributed by atoms with E-state index < -0.39 is 20.2 Å². The van der Waals surface area contributed by atoms with E-state index in [1.165, 1.54) is 23.5 Å². The number of fused-ring (bicyclic) bond motifs is 1. The summed E-state index contributed by atoms with van der Waals surface area (Å²) in [5.74, 6) is 0.714. The van der Waals surface area contributed by atoms with Gasteiger partial charge in [-0.2, -0.15) is 13.2 Å². The molecule has 0 aliphatic heterocycles. The summed E-state index contributed by atoms with van der Waals surface area (Å²) in [5, 5.41) is 7.23. The molecule has 0 amide bonds. The summed E-state index contributed by atoms with van der Waals surface area (Å²) in [6, 6.07) is 9.18. The highest BCUT2D eigenvalue weighted by Crippen LogP contribution is 2.37. The Morgan fingerprint density at radius 3 is 2.18 bits per heavy atom. The lowest BCUT2D eigenvalue weighted by atomic mass is 10.3. The molecule has 0 fully saturated rings. The predicted molar refractivity (Wildman–Crippen MR) is 123 cm³/mol. The Morgan fingerprint density at radius 1 is 0.939 bits per heavy atom. The van der Waals surface area contributed by atoms with Crippen molar-refractivity contribution in [1.29, 1.82) is 0 Å². The molecule has 14 heteroatoms. The fourth-order valence-corrected chi connectivity index (χ4v) is 4.92. The summed E-state index contributed by atoms with van der Waals surface area (Å²) in [6.07, 6.45) is 0. The van der Waals surface area contributed by atoms with Gasteiger partial charge in [0.2, 0.25) is 0 Å². The minimum absolute atomic E-state index is 0.290. The zero-order chi connectivity index (χ0) is 24.0. The van der Waals surface area contributed by atoms with E-state index in [-0.39, 0.29) is 0 Å². The number of aromatic nitrogens is 3. The maximum absolute atomic E-state index is 12.7. The first-order chi connectivity index (χ1) is 15.5. The van der Waals surface area contributed by atoms with Gasteiger partial charge in [0.15, 0.2) is 15.8 Å². The minimum atomic E-state index is -5.43. The van der Waals surface area contributed by atoms with Crippen LogP contribution in [0.15, 0.2) is 47.4 Å². The Balaban J connectivity index is 1.66. The highest BCUT2D eigenvalue weighted by molar-refractivity contribution is 7.92. The lowest BCUT2D eigenvalue weighted by Gasteiger charge is -2.10. The summed E-state index contributed by atoms with van der Waals surface area (Å²) in [5.41, 5.74) is -4.21. The molecule has 0 aliphatic rings. The van der Waals surface area contributed by atoms with Gasteiger partial charge in [-0.1, -0.05) is 40.6 Å². The van der Waals surface area contributed by atoms with Gasteiger partial charge < -0.3 is 10.6 Å². The Labute approximate surface area is 199 Å². The molecule has 0 radical (unpaired) electrons. The number of para-hydroxylation sites is 1. The van der Waals surface area contributed by atoms with Crippen molar-refractivity contribution in [2.75, 3.05) is 10.6 Å². The third-order valence-corrected chi connectivity index (χ3v) is 7.29. The highest BCUT2D eigenvalue weighted by Gasteiger charge is 2.46. The number of benzene rings is 2. The normalized spacial score (nSPS) is 12.2. The van der Waals surface area contributed by atoms with Crippen LogP contribution in [0.2, 0.25) is 10.0 Å². The van der Waals surface area contributed by atoms with Gasteiger partial charge in [0.25, 0.3) is 9.84 Å². The minimum Gasteiger partial charge on any atom is -0.338 e. The molecule has 0 spiro atoms. The summed E-state index contributed by atoms with van der Waals surface area (Å²) in [4.78, 5) is 12.8. The molecule has 4 rings (SSSR count). The summed E-state index contributed by atoms with van der Waals surface area (Å²) in [7, 11) is -5.43. The standard InChI is InChI=1S/C19H12Cl2F3N5O2S2/c1-9-25-16(27-10-5-7-11(8-6-10)33(30,31)19(22,23)24)15-17(26-9)32-18(29-15)28-14-12(20)3-2-4-13(14)21/h2-8H,1H3,(H,28,29)(H,25,26,27). The largest absolute Gasteiger partial charge is 0.501 e. The molecular formula is C19H12Cl2F3N5O2S2. The molecule has 33 heavy (non-hydrogen) atoms. The molecule has 0 atom stereocenters. The number of hydrogen-bond donors (Lipinski definition) is 2. The Bertz CT molecular complexity index is 1440. The van der Waals surface area contributed by atoms with Gasteiger partial charge in [0.1, 0.15) is 11.3 Å². The number of sulfone groups is 1. The average Bonchev–Trinajstić information content (AvgIpc) is 3.13. The second-order valence-electron chi connectivity index (χ2n) is 6.61. The van der Waals surface area contributed by atoms with Crippen molar-refractivity contribution < 1.29 is 21.6 Å². The smallest absolute Gasteiger partial charge is 0.338 e. The molecule has 4 aromatic rings. The van der Waals surface area contributed by atoms with E-state index in [0.717, 1.165) is 12.1 Å². The molecule has 7 nitrogen and oxygen atoms in total. The van der Waals surface area contributed by atoms with Gasteiger partial charge in [0, 0.05) is 5.69 Å². The van der Waals surface area contributed by atoms with E-state index in [2.05, 4.69) is 25.6 Å². The van der Waals surface area contributed by atoms with Gasteiger partial charge in [-0.15, -0.1) is 0 Å². The zero-order valence-electron chi connectivity index (χ0n) is 16.4. The first-order valence-electron chi connectivity index (χ1n) is 9.00. The number of thiazole rings is 1. The van der Waals surface area contributed by atoms with Crippen LogP contribution in [0.4, 0.5) is 35.5 Å². The fraction of sp³-hybridized carbons (Fsp3) is 0.105. The van der Waals surface area contributed by atoms with Crippen molar-refractivity contribution in [3.8, 4) is 0 Å². The molecule has 2 aromatic heterocycles. The van der Waals surface area contributed by atoms with Crippen molar-refractivity contribution in [2.24, 2.45) is 0 Å². The number of nitrogens with zero attached hydrogens (tertiary/aromatic N) is 3. The van der Waals surface area contributed by atoms with Gasteiger partial charge in [-0.05, 0) is 43.3 Å². The van der Waals surface area contributed by atoms with E-state index in [4.69, 9.17) is 23.2 Å². The van der Waals surface area contributed by atoms with Crippen molar-refractivity contribution in [1.82, 2.24) is 15.0 Å². The van der Waals surface area contributed by atoms with E-state index in [1.54, 1.807) is 25.1 Å². The number of rotatable bonds is 5. The Kier molecular flexibility index (Phi) is 6.12. The van der Waals surface area contributed by atoms with Gasteiger partial charge in [-0.3, -0.25) is 0 Å². The van der Waals surface area contributed by atoms with Gasteiger partial charge in [-0.25, -0.2) is 23.4 Å². The van der Waals surface area contributed by atoms with Crippen LogP contribution in [0, 0.1) is 6.92 Å². The second kappa shape index (κ2) is 8.60. The molecule has 2 heterocycles. The van der Waals surface area contributed by atoms with Crippen molar-refractivity contribution in [3.63, 3.8) is 0 Å². The zero-order valence-corrected chi connectivity index (χ0v) is 19.6. The van der Waals surface area contributed by atoms with Gasteiger partial charge >= 0.3 is 5.51 Å². The van der Waals surface area contributed by atoms with E-state index in [0.29, 0.717) is 48.5 Å². The molecule has 0 bridgehead atoms. The number of alkyl halides is 3. The average molecular weight is 534 g/mol. The number of nitrogens with one attached hydrogen (secondary N) is 2.